The number of pyridine rings is 1. The fourth-order valence-electron chi connectivity index (χ4n) is 9.88. The average Bonchev–Trinajstić information content (AvgIpc) is 3.94. The van der Waals surface area contributed by atoms with Crippen molar-refractivity contribution in [2.24, 2.45) is 0 Å². The molecule has 0 aliphatic carbocycles. The summed E-state index contributed by atoms with van der Waals surface area (Å²) in [6, 6.07) is 85.1. The van der Waals surface area contributed by atoms with E-state index in [2.05, 4.69) is 185 Å². The third kappa shape index (κ3) is 6.66. The average molecular weight is 869 g/mol. The molecule has 6 nitrogen and oxygen atoms in total. The second-order valence-electron chi connectivity index (χ2n) is 17.0. The lowest BCUT2D eigenvalue weighted by atomic mass is 9.94. The van der Waals surface area contributed by atoms with Gasteiger partial charge in [-0.3, -0.25) is 4.57 Å². The lowest BCUT2D eigenvalue weighted by Gasteiger charge is -2.14. The molecular formula is C62H40N6. The van der Waals surface area contributed by atoms with E-state index in [-0.39, 0.29) is 0 Å². The second-order valence-corrected chi connectivity index (χ2v) is 17.0. The Balaban J connectivity index is 0.978. The first-order valence-corrected chi connectivity index (χ1v) is 22.9. The number of benzene rings is 9. The van der Waals surface area contributed by atoms with Gasteiger partial charge in [-0.05, 0) is 70.8 Å². The molecule has 13 aromatic rings. The Morgan fingerprint density at radius 3 is 1.31 bits per heavy atom. The summed E-state index contributed by atoms with van der Waals surface area (Å²) in [6.07, 6.45) is 0. The topological polar surface area (TPSA) is 61.4 Å². The molecule has 0 fully saturated rings. The molecule has 9 aromatic carbocycles. The minimum atomic E-state index is 0.570. The minimum absolute atomic E-state index is 0.570. The molecule has 0 N–H and O–H groups in total. The van der Waals surface area contributed by atoms with Crippen LogP contribution < -0.4 is 0 Å². The van der Waals surface area contributed by atoms with Crippen LogP contribution in [0.2, 0.25) is 0 Å². The third-order valence-electron chi connectivity index (χ3n) is 13.0. The van der Waals surface area contributed by atoms with Crippen molar-refractivity contribution in [2.45, 2.75) is 0 Å². The highest BCUT2D eigenvalue weighted by atomic mass is 15.2. The molecule has 0 bridgehead atoms. The van der Waals surface area contributed by atoms with Crippen molar-refractivity contribution in [3.05, 3.63) is 243 Å². The van der Waals surface area contributed by atoms with Crippen molar-refractivity contribution in [1.29, 1.82) is 0 Å². The Hall–Kier alpha value is -9.26. The quantitative estimate of drug-likeness (QED) is 0.153. The first kappa shape index (κ1) is 39.1. The van der Waals surface area contributed by atoms with Crippen molar-refractivity contribution in [3.63, 3.8) is 0 Å². The molecule has 0 atom stereocenters. The molecule has 4 aromatic heterocycles. The molecule has 0 aliphatic heterocycles. The maximum atomic E-state index is 5.30. The molecule has 0 saturated heterocycles. The molecule has 0 radical (unpaired) electrons. The summed E-state index contributed by atoms with van der Waals surface area (Å²) < 4.78 is 4.60. The van der Waals surface area contributed by atoms with E-state index in [0.717, 1.165) is 94.4 Å². The molecule has 0 spiro atoms. The Bertz CT molecular complexity index is 3930. The Kier molecular flexibility index (Phi) is 9.39. The van der Waals surface area contributed by atoms with Gasteiger partial charge in [0.15, 0.2) is 11.6 Å². The van der Waals surface area contributed by atoms with Gasteiger partial charge in [0.25, 0.3) is 0 Å². The van der Waals surface area contributed by atoms with Gasteiger partial charge in [-0.1, -0.05) is 194 Å². The normalized spacial score (nSPS) is 11.5. The number of hydrogen-bond donors (Lipinski definition) is 0. The van der Waals surface area contributed by atoms with Crippen LogP contribution in [0.4, 0.5) is 0 Å². The van der Waals surface area contributed by atoms with Crippen LogP contribution in [0.5, 0.6) is 0 Å². The zero-order valence-electron chi connectivity index (χ0n) is 36.8. The Morgan fingerprint density at radius 2 is 0.721 bits per heavy atom. The molecule has 4 heterocycles. The summed E-state index contributed by atoms with van der Waals surface area (Å²) >= 11 is 0. The van der Waals surface area contributed by atoms with Gasteiger partial charge in [0.2, 0.25) is 5.95 Å². The highest BCUT2D eigenvalue weighted by Gasteiger charge is 2.23. The summed E-state index contributed by atoms with van der Waals surface area (Å²) in [5, 5.41) is 4.64. The molecule has 0 aliphatic rings. The van der Waals surface area contributed by atoms with Gasteiger partial charge >= 0.3 is 0 Å². The number of hydrogen-bond acceptors (Lipinski definition) is 4. The van der Waals surface area contributed by atoms with Crippen LogP contribution in [0, 0.1) is 0 Å². The Labute approximate surface area is 392 Å². The molecular weight excluding hydrogens is 829 g/mol. The van der Waals surface area contributed by atoms with E-state index in [9.17, 15) is 0 Å². The minimum Gasteiger partial charge on any atom is -0.309 e. The molecule has 6 heteroatoms. The van der Waals surface area contributed by atoms with Crippen LogP contribution in [0.1, 0.15) is 0 Å². The van der Waals surface area contributed by atoms with E-state index in [4.69, 9.17) is 19.9 Å². The third-order valence-corrected chi connectivity index (χ3v) is 13.0. The second kappa shape index (κ2) is 16.3. The number of aromatic nitrogens is 6. The van der Waals surface area contributed by atoms with Gasteiger partial charge in [0.05, 0.1) is 33.5 Å². The number of fused-ring (bicyclic) bond motifs is 7. The highest BCUT2D eigenvalue weighted by Crippen LogP contribution is 2.43. The maximum absolute atomic E-state index is 5.30. The van der Waals surface area contributed by atoms with E-state index in [1.165, 1.54) is 10.8 Å². The zero-order chi connectivity index (χ0) is 45.0. The summed E-state index contributed by atoms with van der Waals surface area (Å²) in [5.74, 6) is 1.82. The predicted molar refractivity (Wildman–Crippen MR) is 279 cm³/mol. The lowest BCUT2D eigenvalue weighted by Crippen LogP contribution is -2.06. The first-order valence-electron chi connectivity index (χ1n) is 22.9. The van der Waals surface area contributed by atoms with Crippen molar-refractivity contribution in [1.82, 2.24) is 29.1 Å². The molecule has 68 heavy (non-hydrogen) atoms. The molecule has 13 rings (SSSR count). The van der Waals surface area contributed by atoms with Crippen molar-refractivity contribution in [3.8, 4) is 79.2 Å². The van der Waals surface area contributed by atoms with Crippen LogP contribution in [-0.2, 0) is 0 Å². The van der Waals surface area contributed by atoms with E-state index >= 15 is 0 Å². The standard InChI is InChI=1S/C62H40N6/c1-5-19-42(20-6-1)48-27-13-14-28-49(48)53-40-46(39-52(63-53)43-21-7-2-8-22-43)41-33-35-47(36-34-41)67-54-31-17-15-29-50(54)58-56(67)37-38-57-59(58)51-30-16-18-32-55(51)68(57)62-65-60(44-23-9-3-10-24-44)64-61(66-62)45-25-11-4-12-26-45/h1-40H. The van der Waals surface area contributed by atoms with Crippen molar-refractivity contribution < 1.29 is 0 Å². The van der Waals surface area contributed by atoms with Crippen LogP contribution in [0.15, 0.2) is 243 Å². The Morgan fingerprint density at radius 1 is 0.265 bits per heavy atom. The van der Waals surface area contributed by atoms with E-state index in [0.29, 0.717) is 17.6 Å². The predicted octanol–water partition coefficient (Wildman–Crippen LogP) is 15.5. The van der Waals surface area contributed by atoms with Gasteiger partial charge in [-0.2, -0.15) is 9.97 Å². The van der Waals surface area contributed by atoms with Gasteiger partial charge in [0, 0.05) is 49.5 Å². The maximum Gasteiger partial charge on any atom is 0.238 e. The van der Waals surface area contributed by atoms with Crippen LogP contribution in [0.3, 0.4) is 0 Å². The lowest BCUT2D eigenvalue weighted by molar-refractivity contribution is 0.953. The van der Waals surface area contributed by atoms with Gasteiger partial charge in [-0.15, -0.1) is 0 Å². The zero-order valence-corrected chi connectivity index (χ0v) is 36.8. The smallest absolute Gasteiger partial charge is 0.238 e. The summed E-state index contributed by atoms with van der Waals surface area (Å²) in [4.78, 5) is 20.7. The van der Waals surface area contributed by atoms with Gasteiger partial charge < -0.3 is 4.57 Å². The van der Waals surface area contributed by atoms with Crippen molar-refractivity contribution in [2.75, 3.05) is 0 Å². The largest absolute Gasteiger partial charge is 0.309 e. The number of para-hydroxylation sites is 2. The highest BCUT2D eigenvalue weighted by molar-refractivity contribution is 6.28. The van der Waals surface area contributed by atoms with Gasteiger partial charge in [-0.25, -0.2) is 9.97 Å². The number of rotatable bonds is 8. The molecule has 318 valence electrons. The van der Waals surface area contributed by atoms with Crippen molar-refractivity contribution >= 4 is 43.6 Å². The van der Waals surface area contributed by atoms with E-state index < -0.39 is 0 Å². The van der Waals surface area contributed by atoms with Gasteiger partial charge in [0.1, 0.15) is 0 Å². The fraction of sp³-hybridized carbons (Fsp3) is 0. The fourth-order valence-corrected chi connectivity index (χ4v) is 9.88. The van der Waals surface area contributed by atoms with Crippen LogP contribution in [-0.4, -0.2) is 29.1 Å². The summed E-state index contributed by atoms with van der Waals surface area (Å²) in [7, 11) is 0. The molecule has 0 amide bonds. The van der Waals surface area contributed by atoms with E-state index in [1.807, 2.05) is 66.7 Å². The first-order chi connectivity index (χ1) is 33.7. The van der Waals surface area contributed by atoms with Crippen LogP contribution >= 0.6 is 0 Å². The molecule has 0 unspecified atom stereocenters. The molecule has 0 saturated carbocycles. The summed E-state index contributed by atoms with van der Waals surface area (Å²) in [5.41, 5.74) is 15.8. The monoisotopic (exact) mass is 868 g/mol. The van der Waals surface area contributed by atoms with E-state index in [1.54, 1.807) is 0 Å². The SMILES string of the molecule is c1ccc(-c2cc(-c3ccc(-n4c5ccccc5c5c6c7ccccc7n(-c7nc(-c8ccccc8)nc(-c8ccccc8)n7)c6ccc54)cc3)cc(-c3ccccc3-c3ccccc3)n2)cc1. The summed E-state index contributed by atoms with van der Waals surface area (Å²) in [6.45, 7) is 0. The number of nitrogens with zero attached hydrogens (tertiary/aromatic N) is 6. The van der Waals surface area contributed by atoms with Crippen LogP contribution in [0.25, 0.3) is 123 Å².